The molecule has 1 saturated carbocycles. The number of methoxy groups -OCH3 is 1. The number of likely N-dealkylation sites (tertiary alicyclic amines) is 2. The average molecular weight is 328 g/mol. The number of benzene rings is 1. The molecule has 0 spiro atoms. The maximum atomic E-state index is 13.0. The summed E-state index contributed by atoms with van der Waals surface area (Å²) >= 11 is 0. The molecule has 0 bridgehead atoms. The van der Waals surface area contributed by atoms with Crippen molar-refractivity contribution in [1.82, 2.24) is 9.80 Å². The molecule has 3 atom stereocenters. The van der Waals surface area contributed by atoms with Gasteiger partial charge in [0.25, 0.3) is 0 Å². The summed E-state index contributed by atoms with van der Waals surface area (Å²) in [5, 5.41) is 0. The first-order valence-electron chi connectivity index (χ1n) is 9.35. The van der Waals surface area contributed by atoms with E-state index in [0.717, 1.165) is 18.7 Å². The predicted octanol–water partition coefficient (Wildman–Crippen LogP) is 3.23. The van der Waals surface area contributed by atoms with Crippen LogP contribution in [0.4, 0.5) is 0 Å². The normalized spacial score (nSPS) is 31.5. The van der Waals surface area contributed by atoms with Crippen molar-refractivity contribution in [3.63, 3.8) is 0 Å². The fourth-order valence-electron chi connectivity index (χ4n) is 5.09. The molecular formula is C20H28N2O2. The molecule has 0 radical (unpaired) electrons. The zero-order valence-corrected chi connectivity index (χ0v) is 14.8. The zero-order valence-electron chi connectivity index (χ0n) is 14.8. The van der Waals surface area contributed by atoms with Crippen LogP contribution in [-0.2, 0) is 4.79 Å². The SMILES string of the molecule is COc1ccc(C2CC3CN(C4CCCCC4)C(=O)C3N2C)cc1. The molecule has 2 heterocycles. The van der Waals surface area contributed by atoms with E-state index in [0.29, 0.717) is 23.9 Å². The molecule has 3 unspecified atom stereocenters. The van der Waals surface area contributed by atoms with Crippen LogP contribution in [0.3, 0.4) is 0 Å². The molecule has 3 aliphatic rings. The molecule has 2 saturated heterocycles. The highest BCUT2D eigenvalue weighted by molar-refractivity contribution is 5.85. The maximum Gasteiger partial charge on any atom is 0.240 e. The fourth-order valence-corrected chi connectivity index (χ4v) is 5.09. The van der Waals surface area contributed by atoms with Crippen molar-refractivity contribution in [3.05, 3.63) is 29.8 Å². The molecule has 130 valence electrons. The van der Waals surface area contributed by atoms with Gasteiger partial charge in [0.1, 0.15) is 5.75 Å². The zero-order chi connectivity index (χ0) is 16.7. The first-order valence-corrected chi connectivity index (χ1v) is 9.35. The molecule has 1 aromatic carbocycles. The van der Waals surface area contributed by atoms with Gasteiger partial charge in [-0.15, -0.1) is 0 Å². The Kier molecular flexibility index (Phi) is 4.25. The van der Waals surface area contributed by atoms with Crippen LogP contribution in [0.1, 0.15) is 50.1 Å². The molecule has 4 heteroatoms. The third kappa shape index (κ3) is 2.61. The van der Waals surface area contributed by atoms with E-state index in [9.17, 15) is 4.79 Å². The second kappa shape index (κ2) is 6.40. The summed E-state index contributed by atoms with van der Waals surface area (Å²) in [5.74, 6) is 1.75. The third-order valence-corrected chi connectivity index (χ3v) is 6.39. The standard InChI is InChI=1S/C20H28N2O2/c1-21-18(14-8-10-17(24-2)11-9-14)12-15-13-22(20(23)19(15)21)16-6-4-3-5-7-16/h8-11,15-16,18-19H,3-7,12-13H2,1-2H3. The number of hydrogen-bond donors (Lipinski definition) is 0. The van der Waals surface area contributed by atoms with Gasteiger partial charge in [0, 0.05) is 24.5 Å². The smallest absolute Gasteiger partial charge is 0.240 e. The van der Waals surface area contributed by atoms with Crippen LogP contribution >= 0.6 is 0 Å². The number of carbonyl (C=O) groups excluding carboxylic acids is 1. The van der Waals surface area contributed by atoms with Gasteiger partial charge in [0.2, 0.25) is 5.91 Å². The molecule has 1 aliphatic carbocycles. The summed E-state index contributed by atoms with van der Waals surface area (Å²) in [7, 11) is 3.82. The Balaban J connectivity index is 1.48. The summed E-state index contributed by atoms with van der Waals surface area (Å²) in [4.78, 5) is 17.6. The number of rotatable bonds is 3. The number of ether oxygens (including phenoxy) is 1. The topological polar surface area (TPSA) is 32.8 Å². The second-order valence-corrected chi connectivity index (χ2v) is 7.68. The van der Waals surface area contributed by atoms with E-state index in [-0.39, 0.29) is 6.04 Å². The Morgan fingerprint density at radius 2 is 1.79 bits per heavy atom. The molecule has 24 heavy (non-hydrogen) atoms. The molecule has 0 aromatic heterocycles. The van der Waals surface area contributed by atoms with Gasteiger partial charge in [-0.2, -0.15) is 0 Å². The molecule has 4 rings (SSSR count). The van der Waals surface area contributed by atoms with Crippen molar-refractivity contribution in [2.45, 2.75) is 56.7 Å². The number of nitrogens with zero attached hydrogens (tertiary/aromatic N) is 2. The van der Waals surface area contributed by atoms with Gasteiger partial charge in [-0.1, -0.05) is 31.4 Å². The van der Waals surface area contributed by atoms with Gasteiger partial charge in [0.05, 0.1) is 13.2 Å². The Morgan fingerprint density at radius 3 is 2.42 bits per heavy atom. The van der Waals surface area contributed by atoms with E-state index in [4.69, 9.17) is 4.74 Å². The van der Waals surface area contributed by atoms with Gasteiger partial charge in [0.15, 0.2) is 0 Å². The average Bonchev–Trinajstić information content (AvgIpc) is 3.13. The van der Waals surface area contributed by atoms with Crippen molar-refractivity contribution >= 4 is 5.91 Å². The van der Waals surface area contributed by atoms with Crippen molar-refractivity contribution in [2.24, 2.45) is 5.92 Å². The van der Waals surface area contributed by atoms with Crippen LogP contribution in [0.5, 0.6) is 5.75 Å². The van der Waals surface area contributed by atoms with E-state index in [2.05, 4.69) is 29.0 Å². The van der Waals surface area contributed by atoms with Crippen molar-refractivity contribution in [1.29, 1.82) is 0 Å². The molecule has 1 aromatic rings. The Hall–Kier alpha value is -1.55. The van der Waals surface area contributed by atoms with Gasteiger partial charge in [-0.25, -0.2) is 0 Å². The minimum absolute atomic E-state index is 0.0824. The molecule has 1 amide bonds. The quantitative estimate of drug-likeness (QED) is 0.854. The molecule has 4 nitrogen and oxygen atoms in total. The lowest BCUT2D eigenvalue weighted by atomic mass is 9.94. The highest BCUT2D eigenvalue weighted by Crippen LogP contribution is 2.44. The molecule has 0 N–H and O–H groups in total. The highest BCUT2D eigenvalue weighted by atomic mass is 16.5. The van der Waals surface area contributed by atoms with Crippen LogP contribution in [0.25, 0.3) is 0 Å². The molecule has 2 aliphatic heterocycles. The summed E-state index contributed by atoms with van der Waals surface area (Å²) < 4.78 is 5.26. The minimum Gasteiger partial charge on any atom is -0.497 e. The molecule has 3 fully saturated rings. The number of amides is 1. The van der Waals surface area contributed by atoms with Crippen LogP contribution in [0, 0.1) is 5.92 Å². The van der Waals surface area contributed by atoms with Crippen LogP contribution < -0.4 is 4.74 Å². The first kappa shape index (κ1) is 15.9. The summed E-state index contributed by atoms with van der Waals surface area (Å²) in [6.07, 6.45) is 7.41. The predicted molar refractivity (Wildman–Crippen MR) is 94.0 cm³/mol. The van der Waals surface area contributed by atoms with E-state index >= 15 is 0 Å². The lowest BCUT2D eigenvalue weighted by Crippen LogP contribution is -2.43. The number of hydrogen-bond acceptors (Lipinski definition) is 3. The summed E-state index contributed by atoms with van der Waals surface area (Å²) in [6, 6.07) is 9.27. The number of carbonyl (C=O) groups is 1. The van der Waals surface area contributed by atoms with Crippen molar-refractivity contribution in [3.8, 4) is 5.75 Å². The Bertz CT molecular complexity index is 594. The van der Waals surface area contributed by atoms with Gasteiger partial charge in [-0.3, -0.25) is 9.69 Å². The maximum absolute atomic E-state index is 13.0. The lowest BCUT2D eigenvalue weighted by Gasteiger charge is -2.33. The molecular weight excluding hydrogens is 300 g/mol. The van der Waals surface area contributed by atoms with E-state index in [1.54, 1.807) is 7.11 Å². The first-order chi connectivity index (χ1) is 11.7. The van der Waals surface area contributed by atoms with E-state index < -0.39 is 0 Å². The minimum atomic E-state index is 0.0824. The fraction of sp³-hybridized carbons (Fsp3) is 0.650. The summed E-state index contributed by atoms with van der Waals surface area (Å²) in [5.41, 5.74) is 1.30. The number of likely N-dealkylation sites (N-methyl/N-ethyl adjacent to an activating group) is 1. The Morgan fingerprint density at radius 1 is 1.08 bits per heavy atom. The van der Waals surface area contributed by atoms with E-state index in [1.807, 2.05) is 12.1 Å². The van der Waals surface area contributed by atoms with Gasteiger partial charge in [-0.05, 0) is 44.0 Å². The Labute approximate surface area is 144 Å². The highest BCUT2D eigenvalue weighted by Gasteiger charge is 2.51. The lowest BCUT2D eigenvalue weighted by molar-refractivity contribution is -0.134. The second-order valence-electron chi connectivity index (χ2n) is 7.68. The van der Waals surface area contributed by atoms with Gasteiger partial charge >= 0.3 is 0 Å². The van der Waals surface area contributed by atoms with Crippen molar-refractivity contribution in [2.75, 3.05) is 20.7 Å². The monoisotopic (exact) mass is 328 g/mol. The van der Waals surface area contributed by atoms with Crippen molar-refractivity contribution < 1.29 is 9.53 Å². The largest absolute Gasteiger partial charge is 0.497 e. The number of fused-ring (bicyclic) bond motifs is 1. The van der Waals surface area contributed by atoms with E-state index in [1.165, 1.54) is 37.7 Å². The van der Waals surface area contributed by atoms with Crippen LogP contribution in [-0.4, -0.2) is 48.5 Å². The van der Waals surface area contributed by atoms with Crippen LogP contribution in [0.2, 0.25) is 0 Å². The third-order valence-electron chi connectivity index (χ3n) is 6.39. The summed E-state index contributed by atoms with van der Waals surface area (Å²) in [6.45, 7) is 0.963. The van der Waals surface area contributed by atoms with Gasteiger partial charge < -0.3 is 9.64 Å². The van der Waals surface area contributed by atoms with Crippen LogP contribution in [0.15, 0.2) is 24.3 Å².